The normalized spacial score (nSPS) is 11.2. The monoisotopic (exact) mass is 337 g/mol. The van der Waals surface area contributed by atoms with Gasteiger partial charge in [0.1, 0.15) is 12.4 Å². The molecule has 130 valence electrons. The summed E-state index contributed by atoms with van der Waals surface area (Å²) in [6.07, 6.45) is 6.66. The van der Waals surface area contributed by atoms with E-state index in [0.717, 1.165) is 16.8 Å². The third-order valence-electron chi connectivity index (χ3n) is 3.53. The van der Waals surface area contributed by atoms with Gasteiger partial charge >= 0.3 is 0 Å². The van der Waals surface area contributed by atoms with Gasteiger partial charge in [0.15, 0.2) is 5.78 Å². The predicted octanol–water partition coefficient (Wildman–Crippen LogP) is 3.42. The number of ether oxygens (including phenoxy) is 1. The number of carbonyl (C=O) groups is 1. The number of benzene rings is 2. The Morgan fingerprint density at radius 1 is 0.960 bits per heavy atom. The number of aliphatic hydroxyl groups excluding tert-OH is 1. The van der Waals surface area contributed by atoms with Gasteiger partial charge < -0.3 is 14.7 Å². The lowest BCUT2D eigenvalue weighted by Gasteiger charge is -2.11. The van der Waals surface area contributed by atoms with Gasteiger partial charge in [-0.2, -0.15) is 0 Å². The molecule has 2 aromatic rings. The Morgan fingerprint density at radius 3 is 1.96 bits per heavy atom. The minimum Gasteiger partial charge on any atom is -0.491 e. The summed E-state index contributed by atoms with van der Waals surface area (Å²) in [6, 6.07) is 15.3. The summed E-state index contributed by atoms with van der Waals surface area (Å²) in [5.74, 6) is 0.621. The molecule has 25 heavy (non-hydrogen) atoms. The van der Waals surface area contributed by atoms with Crippen molar-refractivity contribution >= 4 is 23.6 Å². The quantitative estimate of drug-likeness (QED) is 0.750. The molecular weight excluding hydrogens is 314 g/mol. The van der Waals surface area contributed by atoms with Gasteiger partial charge in [0.2, 0.25) is 0 Å². The largest absolute Gasteiger partial charge is 0.491 e. The van der Waals surface area contributed by atoms with Crippen molar-refractivity contribution in [2.75, 3.05) is 32.2 Å². The summed E-state index contributed by atoms with van der Waals surface area (Å²) >= 11 is 0. The molecule has 0 radical (unpaired) electrons. The second-order valence-corrected chi connectivity index (χ2v) is 5.70. The molecule has 0 saturated carbocycles. The lowest BCUT2D eigenvalue weighted by atomic mass is 10.1. The molecule has 0 fully saturated rings. The van der Waals surface area contributed by atoms with Gasteiger partial charge in [-0.15, -0.1) is 0 Å². The van der Waals surface area contributed by atoms with Gasteiger partial charge in [0, 0.05) is 19.8 Å². The van der Waals surface area contributed by atoms with Crippen LogP contribution in [0, 0.1) is 0 Å². The van der Waals surface area contributed by atoms with Crippen molar-refractivity contribution in [2.45, 2.75) is 0 Å². The first kappa shape index (κ1) is 18.5. The second-order valence-electron chi connectivity index (χ2n) is 5.70. The highest BCUT2D eigenvalue weighted by molar-refractivity contribution is 6.04. The van der Waals surface area contributed by atoms with Gasteiger partial charge in [0.05, 0.1) is 6.61 Å². The maximum Gasteiger partial charge on any atom is 0.178 e. The van der Waals surface area contributed by atoms with Crippen molar-refractivity contribution in [1.82, 2.24) is 0 Å². The van der Waals surface area contributed by atoms with Crippen LogP contribution in [0.1, 0.15) is 11.1 Å². The molecule has 0 heterocycles. The Kier molecular flexibility index (Phi) is 6.99. The molecule has 2 rings (SSSR count). The summed E-state index contributed by atoms with van der Waals surface area (Å²) in [6.45, 7) is 0.258. The van der Waals surface area contributed by atoms with Gasteiger partial charge in [-0.1, -0.05) is 36.4 Å². The standard InChI is InChI=1S/C21H23NO3/c1-22(2)19-9-3-17(4-10-19)5-11-20(24)12-6-18-7-13-21(14-8-18)25-16-15-23/h3-14,23H,15-16H2,1-2H3/b11-5+,12-6+. The lowest BCUT2D eigenvalue weighted by molar-refractivity contribution is -0.110. The van der Waals surface area contributed by atoms with E-state index in [1.807, 2.05) is 67.5 Å². The number of anilines is 1. The minimum absolute atomic E-state index is 0.0135. The van der Waals surface area contributed by atoms with Crippen molar-refractivity contribution < 1.29 is 14.6 Å². The molecule has 4 heteroatoms. The van der Waals surface area contributed by atoms with Crippen LogP contribution in [0.15, 0.2) is 60.7 Å². The van der Waals surface area contributed by atoms with Gasteiger partial charge in [0.25, 0.3) is 0 Å². The number of nitrogens with zero attached hydrogens (tertiary/aromatic N) is 1. The molecule has 0 saturated heterocycles. The fourth-order valence-electron chi connectivity index (χ4n) is 2.13. The number of allylic oxidation sites excluding steroid dienone is 2. The highest BCUT2D eigenvalue weighted by Gasteiger charge is 1.96. The Labute approximate surface area is 148 Å². The van der Waals surface area contributed by atoms with Gasteiger partial charge in [-0.05, 0) is 47.5 Å². The maximum atomic E-state index is 11.9. The zero-order valence-corrected chi connectivity index (χ0v) is 14.6. The second kappa shape index (κ2) is 9.45. The Balaban J connectivity index is 1.91. The van der Waals surface area contributed by atoms with E-state index in [0.29, 0.717) is 5.75 Å². The average Bonchev–Trinajstić information content (AvgIpc) is 2.64. The molecule has 0 bridgehead atoms. The van der Waals surface area contributed by atoms with Crippen molar-refractivity contribution in [1.29, 1.82) is 0 Å². The van der Waals surface area contributed by atoms with E-state index in [9.17, 15) is 4.79 Å². The van der Waals surface area contributed by atoms with Crippen molar-refractivity contribution in [3.63, 3.8) is 0 Å². The number of carbonyl (C=O) groups excluding carboxylic acids is 1. The number of hydrogen-bond acceptors (Lipinski definition) is 4. The highest BCUT2D eigenvalue weighted by Crippen LogP contribution is 2.14. The lowest BCUT2D eigenvalue weighted by Crippen LogP contribution is -2.07. The maximum absolute atomic E-state index is 11.9. The topological polar surface area (TPSA) is 49.8 Å². The van der Waals surface area contributed by atoms with Crippen LogP contribution in [-0.4, -0.2) is 38.2 Å². The molecule has 4 nitrogen and oxygen atoms in total. The van der Waals surface area contributed by atoms with E-state index in [4.69, 9.17) is 9.84 Å². The smallest absolute Gasteiger partial charge is 0.178 e. The highest BCUT2D eigenvalue weighted by atomic mass is 16.5. The first-order valence-electron chi connectivity index (χ1n) is 8.10. The molecule has 1 N–H and O–H groups in total. The van der Waals surface area contributed by atoms with E-state index >= 15 is 0 Å². The van der Waals surface area contributed by atoms with E-state index in [1.54, 1.807) is 18.2 Å². The van der Waals surface area contributed by atoms with Crippen LogP contribution in [0.5, 0.6) is 5.75 Å². The number of hydrogen-bond donors (Lipinski definition) is 1. The Morgan fingerprint density at radius 2 is 1.48 bits per heavy atom. The van der Waals surface area contributed by atoms with Gasteiger partial charge in [-0.25, -0.2) is 0 Å². The van der Waals surface area contributed by atoms with Crippen molar-refractivity contribution in [3.05, 3.63) is 71.8 Å². The van der Waals surface area contributed by atoms with Crippen LogP contribution in [0.2, 0.25) is 0 Å². The molecule has 0 aromatic heterocycles. The van der Waals surface area contributed by atoms with E-state index in [1.165, 1.54) is 6.08 Å². The SMILES string of the molecule is CN(C)c1ccc(/C=C/C(=O)/C=C/c2ccc(OCCO)cc2)cc1. The first-order valence-corrected chi connectivity index (χ1v) is 8.10. The minimum atomic E-state index is -0.0720. The van der Waals surface area contributed by atoms with E-state index < -0.39 is 0 Å². The predicted molar refractivity (Wildman–Crippen MR) is 103 cm³/mol. The zero-order chi connectivity index (χ0) is 18.1. The van der Waals surface area contributed by atoms with Crippen LogP contribution in [-0.2, 0) is 4.79 Å². The molecule has 0 amide bonds. The fourth-order valence-corrected chi connectivity index (χ4v) is 2.13. The summed E-state index contributed by atoms with van der Waals surface area (Å²) in [4.78, 5) is 14.0. The number of ketones is 1. The van der Waals surface area contributed by atoms with Crippen molar-refractivity contribution in [2.24, 2.45) is 0 Å². The summed E-state index contributed by atoms with van der Waals surface area (Å²) in [5, 5.41) is 8.72. The molecule has 0 spiro atoms. The summed E-state index contributed by atoms with van der Waals surface area (Å²) in [7, 11) is 3.98. The van der Waals surface area contributed by atoms with Crippen LogP contribution < -0.4 is 9.64 Å². The van der Waals surface area contributed by atoms with Gasteiger partial charge in [-0.3, -0.25) is 4.79 Å². The molecule has 0 aliphatic heterocycles. The molecule has 0 aliphatic rings. The number of rotatable bonds is 8. The number of aliphatic hydroxyl groups is 1. The average molecular weight is 337 g/mol. The Hall–Kier alpha value is -2.85. The Bertz CT molecular complexity index is 729. The third kappa shape index (κ3) is 6.28. The van der Waals surface area contributed by atoms with E-state index in [2.05, 4.69) is 0 Å². The molecule has 0 atom stereocenters. The summed E-state index contributed by atoms with van der Waals surface area (Å²) < 4.78 is 5.29. The molecule has 2 aromatic carbocycles. The van der Waals surface area contributed by atoms with E-state index in [-0.39, 0.29) is 19.0 Å². The zero-order valence-electron chi connectivity index (χ0n) is 14.6. The van der Waals surface area contributed by atoms with Crippen LogP contribution in [0.4, 0.5) is 5.69 Å². The third-order valence-corrected chi connectivity index (χ3v) is 3.53. The van der Waals surface area contributed by atoms with Crippen LogP contribution in [0.25, 0.3) is 12.2 Å². The first-order chi connectivity index (χ1) is 12.1. The van der Waals surface area contributed by atoms with Crippen LogP contribution in [0.3, 0.4) is 0 Å². The van der Waals surface area contributed by atoms with Crippen LogP contribution >= 0.6 is 0 Å². The summed E-state index contributed by atoms with van der Waals surface area (Å²) in [5.41, 5.74) is 3.01. The molecule has 0 aliphatic carbocycles. The molecule has 0 unspecified atom stereocenters. The van der Waals surface area contributed by atoms with Crippen molar-refractivity contribution in [3.8, 4) is 5.75 Å². The molecular formula is C21H23NO3. The fraction of sp³-hybridized carbons (Fsp3) is 0.190.